The summed E-state index contributed by atoms with van der Waals surface area (Å²) in [6.45, 7) is 8.86. The molecule has 4 heterocycles. The van der Waals surface area contributed by atoms with Gasteiger partial charge in [0.25, 0.3) is 0 Å². The number of nitrogens with zero attached hydrogens (tertiary/aromatic N) is 6. The van der Waals surface area contributed by atoms with Crippen molar-refractivity contribution in [3.8, 4) is 0 Å². The zero-order valence-electron chi connectivity index (χ0n) is 23.0. The summed E-state index contributed by atoms with van der Waals surface area (Å²) in [6, 6.07) is 6.32. The Balaban J connectivity index is 1.41. The molecule has 2 aliphatic rings. The number of alkyl halides is 1. The van der Waals surface area contributed by atoms with Crippen LogP contribution in [0, 0.1) is 5.92 Å². The summed E-state index contributed by atoms with van der Waals surface area (Å²) in [5.74, 6) is 1.76. The van der Waals surface area contributed by atoms with Crippen LogP contribution in [0.3, 0.4) is 0 Å². The Bertz CT molecular complexity index is 1480. The van der Waals surface area contributed by atoms with Gasteiger partial charge in [-0.2, -0.15) is 4.98 Å². The van der Waals surface area contributed by atoms with Crippen LogP contribution in [0.15, 0.2) is 30.7 Å². The summed E-state index contributed by atoms with van der Waals surface area (Å²) < 4.78 is 38.4. The third-order valence-electron chi connectivity index (χ3n) is 7.91. The number of fused-ring (bicyclic) bond motifs is 1. The molecule has 0 radical (unpaired) electrons. The van der Waals surface area contributed by atoms with Crippen molar-refractivity contribution in [3.63, 3.8) is 0 Å². The summed E-state index contributed by atoms with van der Waals surface area (Å²) in [6.07, 6.45) is 3.77. The van der Waals surface area contributed by atoms with Gasteiger partial charge in [-0.3, -0.25) is 0 Å². The number of rotatable bonds is 7. The van der Waals surface area contributed by atoms with E-state index in [0.29, 0.717) is 37.2 Å². The smallest absolute Gasteiger partial charge is 0.233 e. The van der Waals surface area contributed by atoms with Crippen LogP contribution in [-0.4, -0.2) is 82.9 Å². The molecule has 0 bridgehead atoms. The van der Waals surface area contributed by atoms with E-state index < -0.39 is 21.6 Å². The number of aliphatic hydroxyl groups excluding tert-OH is 1. The largest absolute Gasteiger partial charge is 0.390 e. The van der Waals surface area contributed by atoms with Crippen molar-refractivity contribution in [1.82, 2.24) is 19.9 Å². The number of pyridine rings is 1. The first kappa shape index (κ1) is 27.4. The summed E-state index contributed by atoms with van der Waals surface area (Å²) in [4.78, 5) is 21.5. The molecule has 2 aliphatic heterocycles. The first-order valence-electron chi connectivity index (χ1n) is 13.3. The zero-order chi connectivity index (χ0) is 28.1. The van der Waals surface area contributed by atoms with Gasteiger partial charge in [0.2, 0.25) is 11.9 Å². The molecular weight excluding hydrogens is 521 g/mol. The molecule has 2 fully saturated rings. The van der Waals surface area contributed by atoms with Crippen LogP contribution in [-0.2, 0) is 9.84 Å². The number of nitrogens with one attached hydrogen (secondary N) is 1. The fourth-order valence-electron chi connectivity index (χ4n) is 5.58. The molecule has 3 aromatic rings. The number of piperidine rings is 1. The van der Waals surface area contributed by atoms with E-state index in [0.717, 1.165) is 16.5 Å². The summed E-state index contributed by atoms with van der Waals surface area (Å²) in [5, 5.41) is 15.2. The number of sulfone groups is 1. The van der Waals surface area contributed by atoms with Gasteiger partial charge in [-0.15, -0.1) is 0 Å². The highest BCUT2D eigenvalue weighted by Crippen LogP contribution is 2.39. The number of anilines is 4. The predicted molar refractivity (Wildman–Crippen MR) is 151 cm³/mol. The molecular formula is C27H36FN7O3S. The minimum Gasteiger partial charge on any atom is -0.390 e. The molecule has 2 N–H and O–H groups in total. The van der Waals surface area contributed by atoms with Gasteiger partial charge in [-0.05, 0) is 49.3 Å². The second kappa shape index (κ2) is 10.1. The Labute approximate surface area is 228 Å². The maximum Gasteiger partial charge on any atom is 0.233 e. The highest BCUT2D eigenvalue weighted by atomic mass is 32.2. The molecule has 39 heavy (non-hydrogen) atoms. The van der Waals surface area contributed by atoms with E-state index in [1.165, 1.54) is 25.1 Å². The normalized spacial score (nSPS) is 25.7. The molecule has 10 nitrogen and oxygen atoms in total. The van der Waals surface area contributed by atoms with E-state index in [-0.39, 0.29) is 30.2 Å². The first-order valence-corrected chi connectivity index (χ1v) is 15.3. The minimum atomic E-state index is -3.03. The fourth-order valence-corrected chi connectivity index (χ4v) is 6.74. The maximum absolute atomic E-state index is 14.7. The maximum atomic E-state index is 14.7. The Morgan fingerprint density at radius 1 is 1.23 bits per heavy atom. The van der Waals surface area contributed by atoms with Crippen LogP contribution in [0.2, 0.25) is 0 Å². The van der Waals surface area contributed by atoms with Crippen molar-refractivity contribution in [2.24, 2.45) is 5.92 Å². The number of hydrogen-bond acceptors (Lipinski definition) is 10. The number of benzene rings is 1. The lowest BCUT2D eigenvalue weighted by Crippen LogP contribution is -2.57. The van der Waals surface area contributed by atoms with Gasteiger partial charge in [-0.1, -0.05) is 19.9 Å². The third-order valence-corrected chi connectivity index (χ3v) is 8.95. The second-order valence-corrected chi connectivity index (χ2v) is 13.6. The lowest BCUT2D eigenvalue weighted by molar-refractivity contribution is -0.00860. The van der Waals surface area contributed by atoms with E-state index in [2.05, 4.69) is 63.1 Å². The molecule has 0 amide bonds. The van der Waals surface area contributed by atoms with Crippen molar-refractivity contribution in [2.75, 3.05) is 46.8 Å². The average molecular weight is 558 g/mol. The molecule has 4 atom stereocenters. The van der Waals surface area contributed by atoms with Gasteiger partial charge in [0.15, 0.2) is 5.67 Å². The first-order chi connectivity index (χ1) is 18.3. The van der Waals surface area contributed by atoms with Crippen LogP contribution in [0.1, 0.15) is 45.6 Å². The molecule has 0 unspecified atom stereocenters. The quantitative estimate of drug-likeness (QED) is 0.446. The van der Waals surface area contributed by atoms with E-state index in [4.69, 9.17) is 0 Å². The van der Waals surface area contributed by atoms with E-state index >= 15 is 0 Å². The molecule has 0 spiro atoms. The van der Waals surface area contributed by atoms with Crippen LogP contribution in [0.5, 0.6) is 0 Å². The van der Waals surface area contributed by atoms with Gasteiger partial charge in [0.05, 0.1) is 18.4 Å². The lowest BCUT2D eigenvalue weighted by atomic mass is 9.88. The van der Waals surface area contributed by atoms with Gasteiger partial charge in [0.1, 0.15) is 22.0 Å². The van der Waals surface area contributed by atoms with E-state index in [1.54, 1.807) is 4.90 Å². The minimum absolute atomic E-state index is 0.00760. The second-order valence-electron chi connectivity index (χ2n) is 11.4. The Hall–Kier alpha value is -3.12. The predicted octanol–water partition coefficient (Wildman–Crippen LogP) is 3.46. The van der Waals surface area contributed by atoms with Crippen molar-refractivity contribution in [1.29, 1.82) is 0 Å². The van der Waals surface area contributed by atoms with Gasteiger partial charge in [-0.25, -0.2) is 27.8 Å². The van der Waals surface area contributed by atoms with Crippen LogP contribution in [0.4, 0.5) is 27.8 Å². The molecule has 210 valence electrons. The monoisotopic (exact) mass is 557 g/mol. The highest BCUT2D eigenvalue weighted by Gasteiger charge is 2.40. The molecule has 2 saturated heterocycles. The van der Waals surface area contributed by atoms with E-state index in [1.807, 2.05) is 12.3 Å². The van der Waals surface area contributed by atoms with Gasteiger partial charge in [0, 0.05) is 48.6 Å². The topological polar surface area (TPSA) is 124 Å². The number of aromatic nitrogens is 4. The Morgan fingerprint density at radius 3 is 2.67 bits per heavy atom. The highest BCUT2D eigenvalue weighted by molar-refractivity contribution is 7.90. The molecule has 0 saturated carbocycles. The van der Waals surface area contributed by atoms with Gasteiger partial charge < -0.3 is 20.2 Å². The lowest BCUT2D eigenvalue weighted by Gasteiger charge is -2.48. The SMILES string of the molecule is CC(C)c1ccc(N2C[C@H](CS(C)(=O)=O)[C@H]2C)c2cnc(Nc3ncnc(N4CC[C@@H](O)[C@](C)(F)C4)n3)cc12. The number of hydrogen-bond donors (Lipinski definition) is 2. The van der Waals surface area contributed by atoms with E-state index in [9.17, 15) is 17.9 Å². The Morgan fingerprint density at radius 2 is 2.00 bits per heavy atom. The van der Waals surface area contributed by atoms with Gasteiger partial charge >= 0.3 is 0 Å². The standard InChI is InChI=1S/C27H36FN7O3S/c1-16(2)19-6-7-22(35-12-18(17(35)3)13-39(5,37)38)21-11-29-24(10-20(19)21)32-25-30-15-31-26(33-25)34-9-8-23(36)27(4,28)14-34/h6-7,10-11,15-18,23,36H,8-9,12-14H2,1-5H3,(H,29,30,31,32,33)/t17-,18-,23-,27-/m1/s1. The fraction of sp³-hybridized carbons (Fsp3) is 0.556. The van der Waals surface area contributed by atoms with Crippen molar-refractivity contribution in [3.05, 3.63) is 36.3 Å². The molecule has 5 rings (SSSR count). The summed E-state index contributed by atoms with van der Waals surface area (Å²) in [7, 11) is -3.03. The number of aliphatic hydroxyl groups is 1. The molecule has 12 heteroatoms. The van der Waals surface area contributed by atoms with Crippen LogP contribution >= 0.6 is 0 Å². The molecule has 1 aromatic carbocycles. The van der Waals surface area contributed by atoms with Crippen LogP contribution in [0.25, 0.3) is 10.8 Å². The number of halogens is 1. The average Bonchev–Trinajstić information content (AvgIpc) is 2.86. The van der Waals surface area contributed by atoms with Crippen LogP contribution < -0.4 is 15.1 Å². The summed E-state index contributed by atoms with van der Waals surface area (Å²) >= 11 is 0. The van der Waals surface area contributed by atoms with Crippen molar-refractivity contribution < 1.29 is 17.9 Å². The van der Waals surface area contributed by atoms with Crippen molar-refractivity contribution >= 4 is 44.0 Å². The third kappa shape index (κ3) is 5.62. The van der Waals surface area contributed by atoms with Crippen molar-refractivity contribution in [2.45, 2.75) is 57.8 Å². The molecule has 2 aromatic heterocycles. The Kier molecular flexibility index (Phi) is 7.13. The zero-order valence-corrected chi connectivity index (χ0v) is 23.8. The molecule has 0 aliphatic carbocycles. The summed E-state index contributed by atoms with van der Waals surface area (Å²) in [5.41, 5.74) is 0.461.